The van der Waals surface area contributed by atoms with E-state index >= 15 is 0 Å². The van der Waals surface area contributed by atoms with Crippen molar-refractivity contribution in [3.05, 3.63) is 34.9 Å². The Labute approximate surface area is 96.5 Å². The highest BCUT2D eigenvalue weighted by atomic mass is 16.3. The van der Waals surface area contributed by atoms with E-state index in [1.54, 1.807) is 6.92 Å². The van der Waals surface area contributed by atoms with E-state index in [0.29, 0.717) is 6.42 Å². The van der Waals surface area contributed by atoms with Crippen molar-refractivity contribution in [2.75, 3.05) is 6.61 Å². The van der Waals surface area contributed by atoms with E-state index in [-0.39, 0.29) is 18.6 Å². The molecule has 1 amide bonds. The van der Waals surface area contributed by atoms with Gasteiger partial charge in [0.2, 0.25) is 5.91 Å². The molecule has 0 saturated heterocycles. The fourth-order valence-corrected chi connectivity index (χ4v) is 1.54. The number of hydrogen-bond acceptors (Lipinski definition) is 2. The molecule has 0 radical (unpaired) electrons. The SMILES string of the molecule is Cc1ccc(C)c(CC(=O)N[C@H](C)CO)c1. The molecule has 3 heteroatoms. The molecule has 0 unspecified atom stereocenters. The van der Waals surface area contributed by atoms with E-state index in [4.69, 9.17) is 5.11 Å². The minimum atomic E-state index is -0.183. The molecule has 1 aromatic carbocycles. The first-order chi connectivity index (χ1) is 7.52. The van der Waals surface area contributed by atoms with Crippen molar-refractivity contribution in [3.8, 4) is 0 Å². The molecule has 1 rings (SSSR count). The predicted molar refractivity (Wildman–Crippen MR) is 64.3 cm³/mol. The van der Waals surface area contributed by atoms with Gasteiger partial charge in [-0.3, -0.25) is 4.79 Å². The molecule has 0 spiro atoms. The van der Waals surface area contributed by atoms with Gasteiger partial charge in [0.05, 0.1) is 13.0 Å². The standard InChI is InChI=1S/C13H19NO2/c1-9-4-5-10(2)12(6-9)7-13(16)14-11(3)8-15/h4-6,11,15H,7-8H2,1-3H3,(H,14,16)/t11-/m1/s1. The number of carbonyl (C=O) groups is 1. The van der Waals surface area contributed by atoms with Gasteiger partial charge in [-0.25, -0.2) is 0 Å². The summed E-state index contributed by atoms with van der Waals surface area (Å²) in [7, 11) is 0. The molecular weight excluding hydrogens is 202 g/mol. The van der Waals surface area contributed by atoms with Crippen molar-refractivity contribution in [1.29, 1.82) is 0 Å². The highest BCUT2D eigenvalue weighted by Crippen LogP contribution is 2.11. The summed E-state index contributed by atoms with van der Waals surface area (Å²) in [6.45, 7) is 5.76. The molecule has 0 fully saturated rings. The number of aryl methyl sites for hydroxylation is 2. The van der Waals surface area contributed by atoms with E-state index in [1.165, 1.54) is 0 Å². The lowest BCUT2D eigenvalue weighted by atomic mass is 10.0. The van der Waals surface area contributed by atoms with Gasteiger partial charge in [0.15, 0.2) is 0 Å². The number of aliphatic hydroxyl groups is 1. The fourth-order valence-electron chi connectivity index (χ4n) is 1.54. The number of aliphatic hydroxyl groups excluding tert-OH is 1. The van der Waals surface area contributed by atoms with E-state index in [1.807, 2.05) is 32.0 Å². The van der Waals surface area contributed by atoms with E-state index in [2.05, 4.69) is 5.32 Å². The molecule has 0 heterocycles. The average Bonchev–Trinajstić information content (AvgIpc) is 2.23. The minimum absolute atomic E-state index is 0.0292. The first-order valence-electron chi connectivity index (χ1n) is 5.49. The summed E-state index contributed by atoms with van der Waals surface area (Å²) >= 11 is 0. The number of rotatable bonds is 4. The quantitative estimate of drug-likeness (QED) is 0.806. The molecule has 0 aliphatic carbocycles. The van der Waals surface area contributed by atoms with Gasteiger partial charge in [0.1, 0.15) is 0 Å². The zero-order valence-electron chi connectivity index (χ0n) is 10.1. The molecule has 0 aliphatic heterocycles. The lowest BCUT2D eigenvalue weighted by Gasteiger charge is -2.12. The van der Waals surface area contributed by atoms with Crippen molar-refractivity contribution in [2.24, 2.45) is 0 Å². The Morgan fingerprint density at radius 3 is 2.75 bits per heavy atom. The van der Waals surface area contributed by atoms with Crippen LogP contribution in [0.25, 0.3) is 0 Å². The Morgan fingerprint density at radius 1 is 1.44 bits per heavy atom. The van der Waals surface area contributed by atoms with Crippen LogP contribution in [-0.4, -0.2) is 23.7 Å². The molecule has 0 aromatic heterocycles. The van der Waals surface area contributed by atoms with Crippen LogP contribution < -0.4 is 5.32 Å². The summed E-state index contributed by atoms with van der Waals surface area (Å²) in [6, 6.07) is 5.90. The lowest BCUT2D eigenvalue weighted by Crippen LogP contribution is -2.36. The molecule has 1 atom stereocenters. The Bertz CT molecular complexity index is 374. The molecule has 2 N–H and O–H groups in total. The third-order valence-electron chi connectivity index (χ3n) is 2.54. The zero-order valence-corrected chi connectivity index (χ0v) is 10.1. The van der Waals surface area contributed by atoms with Crippen molar-refractivity contribution < 1.29 is 9.90 Å². The first kappa shape index (κ1) is 12.7. The minimum Gasteiger partial charge on any atom is -0.394 e. The van der Waals surface area contributed by atoms with Crippen LogP contribution in [0.1, 0.15) is 23.6 Å². The largest absolute Gasteiger partial charge is 0.394 e. The van der Waals surface area contributed by atoms with Gasteiger partial charge in [-0.05, 0) is 31.9 Å². The zero-order chi connectivity index (χ0) is 12.1. The second-order valence-corrected chi connectivity index (χ2v) is 4.26. The highest BCUT2D eigenvalue weighted by Gasteiger charge is 2.08. The second-order valence-electron chi connectivity index (χ2n) is 4.26. The van der Waals surface area contributed by atoms with Crippen molar-refractivity contribution in [2.45, 2.75) is 33.2 Å². The maximum Gasteiger partial charge on any atom is 0.224 e. The Kier molecular flexibility index (Phi) is 4.50. The maximum absolute atomic E-state index is 11.6. The number of carbonyl (C=O) groups excluding carboxylic acids is 1. The molecule has 16 heavy (non-hydrogen) atoms. The van der Waals surface area contributed by atoms with Gasteiger partial charge in [0.25, 0.3) is 0 Å². The number of hydrogen-bond donors (Lipinski definition) is 2. The molecule has 0 saturated carbocycles. The van der Waals surface area contributed by atoms with Crippen molar-refractivity contribution >= 4 is 5.91 Å². The van der Waals surface area contributed by atoms with Crippen LogP contribution in [0.15, 0.2) is 18.2 Å². The average molecular weight is 221 g/mol. The predicted octanol–water partition coefficient (Wildman–Crippen LogP) is 1.34. The van der Waals surface area contributed by atoms with E-state index in [9.17, 15) is 4.79 Å². The molecule has 88 valence electrons. The summed E-state index contributed by atoms with van der Waals surface area (Å²) in [5.74, 6) is -0.0461. The second kappa shape index (κ2) is 5.66. The molecular formula is C13H19NO2. The topological polar surface area (TPSA) is 49.3 Å². The van der Waals surface area contributed by atoms with Crippen LogP contribution in [-0.2, 0) is 11.2 Å². The lowest BCUT2D eigenvalue weighted by molar-refractivity contribution is -0.121. The summed E-state index contributed by atoms with van der Waals surface area (Å²) in [5.41, 5.74) is 3.32. The maximum atomic E-state index is 11.6. The van der Waals surface area contributed by atoms with Gasteiger partial charge in [0, 0.05) is 6.04 Å². The van der Waals surface area contributed by atoms with Crippen LogP contribution in [0.5, 0.6) is 0 Å². The van der Waals surface area contributed by atoms with Crippen LogP contribution >= 0.6 is 0 Å². The molecule has 1 aromatic rings. The van der Waals surface area contributed by atoms with Crippen molar-refractivity contribution in [3.63, 3.8) is 0 Å². The molecule has 3 nitrogen and oxygen atoms in total. The number of nitrogens with one attached hydrogen (secondary N) is 1. The van der Waals surface area contributed by atoms with Gasteiger partial charge >= 0.3 is 0 Å². The van der Waals surface area contributed by atoms with Gasteiger partial charge in [-0.15, -0.1) is 0 Å². The number of benzene rings is 1. The summed E-state index contributed by atoms with van der Waals surface area (Å²) in [5, 5.41) is 11.6. The van der Waals surface area contributed by atoms with Gasteiger partial charge in [-0.1, -0.05) is 23.8 Å². The normalized spacial score (nSPS) is 12.2. The van der Waals surface area contributed by atoms with Crippen molar-refractivity contribution in [1.82, 2.24) is 5.32 Å². The van der Waals surface area contributed by atoms with Crippen LogP contribution in [0.3, 0.4) is 0 Å². The summed E-state index contributed by atoms with van der Waals surface area (Å²) in [6.07, 6.45) is 0.373. The van der Waals surface area contributed by atoms with E-state index < -0.39 is 0 Å². The summed E-state index contributed by atoms with van der Waals surface area (Å²) in [4.78, 5) is 11.6. The Morgan fingerprint density at radius 2 is 2.12 bits per heavy atom. The van der Waals surface area contributed by atoms with Gasteiger partial charge in [-0.2, -0.15) is 0 Å². The molecule has 0 aliphatic rings. The monoisotopic (exact) mass is 221 g/mol. The molecule has 0 bridgehead atoms. The third-order valence-corrected chi connectivity index (χ3v) is 2.54. The summed E-state index contributed by atoms with van der Waals surface area (Å²) < 4.78 is 0. The Balaban J connectivity index is 2.65. The van der Waals surface area contributed by atoms with Crippen LogP contribution in [0.2, 0.25) is 0 Å². The fraction of sp³-hybridized carbons (Fsp3) is 0.462. The van der Waals surface area contributed by atoms with Gasteiger partial charge < -0.3 is 10.4 Å². The van der Waals surface area contributed by atoms with Crippen LogP contribution in [0, 0.1) is 13.8 Å². The Hall–Kier alpha value is -1.35. The smallest absolute Gasteiger partial charge is 0.224 e. The van der Waals surface area contributed by atoms with E-state index in [0.717, 1.165) is 16.7 Å². The number of amides is 1. The first-order valence-corrected chi connectivity index (χ1v) is 5.49. The third kappa shape index (κ3) is 3.66. The highest BCUT2D eigenvalue weighted by molar-refractivity contribution is 5.79. The van der Waals surface area contributed by atoms with Crippen LogP contribution in [0.4, 0.5) is 0 Å².